The molecule has 2 rings (SSSR count). The Morgan fingerprint density at radius 3 is 3.00 bits per heavy atom. The summed E-state index contributed by atoms with van der Waals surface area (Å²) in [6.07, 6.45) is 4.01. The maximum absolute atomic E-state index is 4.36. The monoisotopic (exact) mass is 152 g/mol. The van der Waals surface area contributed by atoms with E-state index in [1.807, 2.05) is 7.05 Å². The standard InChI is InChI=1S/C9H16N2/c1-10-8-4-3-7-5-6-11(2)9(7)8/h7,9H,3-6H2,1-2H3. The minimum atomic E-state index is 0.708. The fourth-order valence-electron chi connectivity index (χ4n) is 2.58. The lowest BCUT2D eigenvalue weighted by Gasteiger charge is -2.18. The van der Waals surface area contributed by atoms with Gasteiger partial charge in [0.2, 0.25) is 0 Å². The summed E-state index contributed by atoms with van der Waals surface area (Å²) in [4.78, 5) is 6.81. The van der Waals surface area contributed by atoms with Crippen molar-refractivity contribution in [2.24, 2.45) is 10.9 Å². The minimum absolute atomic E-state index is 0.708. The van der Waals surface area contributed by atoms with Gasteiger partial charge in [-0.3, -0.25) is 9.89 Å². The van der Waals surface area contributed by atoms with Crippen LogP contribution in [0.4, 0.5) is 0 Å². The van der Waals surface area contributed by atoms with E-state index in [4.69, 9.17) is 0 Å². The molecule has 2 fully saturated rings. The van der Waals surface area contributed by atoms with Gasteiger partial charge in [-0.15, -0.1) is 0 Å². The van der Waals surface area contributed by atoms with Gasteiger partial charge in [0.15, 0.2) is 0 Å². The molecule has 2 heteroatoms. The summed E-state index contributed by atoms with van der Waals surface area (Å²) in [7, 11) is 4.16. The van der Waals surface area contributed by atoms with Crippen LogP contribution in [0.1, 0.15) is 19.3 Å². The molecule has 0 N–H and O–H groups in total. The molecule has 0 amide bonds. The summed E-state index contributed by atoms with van der Waals surface area (Å²) >= 11 is 0. The molecule has 0 bridgehead atoms. The van der Waals surface area contributed by atoms with Crippen molar-refractivity contribution in [3.63, 3.8) is 0 Å². The van der Waals surface area contributed by atoms with Crippen LogP contribution < -0.4 is 0 Å². The van der Waals surface area contributed by atoms with Gasteiger partial charge in [0.05, 0.1) is 6.04 Å². The average molecular weight is 152 g/mol. The Hall–Kier alpha value is -0.370. The van der Waals surface area contributed by atoms with E-state index in [9.17, 15) is 0 Å². The number of likely N-dealkylation sites (tertiary alicyclic amines) is 1. The van der Waals surface area contributed by atoms with Gasteiger partial charge in [0, 0.05) is 12.8 Å². The zero-order chi connectivity index (χ0) is 7.84. The van der Waals surface area contributed by atoms with Crippen LogP contribution in [0.3, 0.4) is 0 Å². The van der Waals surface area contributed by atoms with Gasteiger partial charge >= 0.3 is 0 Å². The summed E-state index contributed by atoms with van der Waals surface area (Å²) in [5, 5.41) is 0. The molecule has 62 valence electrons. The lowest BCUT2D eigenvalue weighted by molar-refractivity contribution is 0.353. The number of hydrogen-bond donors (Lipinski definition) is 0. The van der Waals surface area contributed by atoms with Gasteiger partial charge in [0.1, 0.15) is 0 Å². The first-order chi connectivity index (χ1) is 5.33. The van der Waals surface area contributed by atoms with Crippen LogP contribution in [0.5, 0.6) is 0 Å². The third kappa shape index (κ3) is 1.00. The van der Waals surface area contributed by atoms with Gasteiger partial charge in [-0.05, 0) is 38.8 Å². The molecule has 0 spiro atoms. The molecule has 2 atom stereocenters. The largest absolute Gasteiger partial charge is 0.298 e. The van der Waals surface area contributed by atoms with Crippen molar-refractivity contribution >= 4 is 5.71 Å². The van der Waals surface area contributed by atoms with Crippen molar-refractivity contribution in [1.82, 2.24) is 4.90 Å². The zero-order valence-electron chi connectivity index (χ0n) is 7.38. The lowest BCUT2D eigenvalue weighted by atomic mass is 10.0. The second-order valence-electron chi connectivity index (χ2n) is 3.73. The molecule has 0 radical (unpaired) electrons. The van der Waals surface area contributed by atoms with Crippen molar-refractivity contribution in [2.75, 3.05) is 20.6 Å². The van der Waals surface area contributed by atoms with Gasteiger partial charge in [0.25, 0.3) is 0 Å². The van der Waals surface area contributed by atoms with E-state index in [0.29, 0.717) is 6.04 Å². The third-order valence-corrected chi connectivity index (χ3v) is 3.17. The molecule has 0 aromatic heterocycles. The molecule has 2 unspecified atom stereocenters. The van der Waals surface area contributed by atoms with Crippen LogP contribution in [0.25, 0.3) is 0 Å². The summed E-state index contributed by atoms with van der Waals surface area (Å²) in [5.74, 6) is 0.929. The highest BCUT2D eigenvalue weighted by atomic mass is 15.2. The lowest BCUT2D eigenvalue weighted by Crippen LogP contribution is -2.32. The van der Waals surface area contributed by atoms with Crippen molar-refractivity contribution in [1.29, 1.82) is 0 Å². The molecule has 1 saturated heterocycles. The smallest absolute Gasteiger partial charge is 0.0502 e. The first-order valence-electron chi connectivity index (χ1n) is 4.48. The molecular weight excluding hydrogens is 136 g/mol. The molecule has 1 aliphatic carbocycles. The maximum atomic E-state index is 4.36. The highest BCUT2D eigenvalue weighted by Crippen LogP contribution is 2.34. The molecule has 1 saturated carbocycles. The summed E-state index contributed by atoms with van der Waals surface area (Å²) in [6, 6.07) is 0.708. The summed E-state index contributed by atoms with van der Waals surface area (Å²) in [5.41, 5.74) is 1.44. The maximum Gasteiger partial charge on any atom is 0.0502 e. The SMILES string of the molecule is CN=C1CCC2CCN(C)C12. The van der Waals surface area contributed by atoms with Gasteiger partial charge in [-0.2, -0.15) is 0 Å². The topological polar surface area (TPSA) is 15.6 Å². The predicted molar refractivity (Wildman–Crippen MR) is 47.1 cm³/mol. The Kier molecular flexibility index (Phi) is 1.72. The number of nitrogens with zero attached hydrogens (tertiary/aromatic N) is 2. The fourth-order valence-corrected chi connectivity index (χ4v) is 2.58. The normalized spacial score (nSPS) is 41.8. The van der Waals surface area contributed by atoms with E-state index in [-0.39, 0.29) is 0 Å². The molecule has 2 aliphatic rings. The first-order valence-corrected chi connectivity index (χ1v) is 4.48. The van der Waals surface area contributed by atoms with E-state index < -0.39 is 0 Å². The molecular formula is C9H16N2. The Morgan fingerprint density at radius 1 is 1.45 bits per heavy atom. The van der Waals surface area contributed by atoms with E-state index in [2.05, 4.69) is 16.9 Å². The molecule has 1 aliphatic heterocycles. The number of fused-ring (bicyclic) bond motifs is 1. The number of hydrogen-bond acceptors (Lipinski definition) is 2. The summed E-state index contributed by atoms with van der Waals surface area (Å²) in [6.45, 7) is 1.27. The zero-order valence-corrected chi connectivity index (χ0v) is 7.38. The van der Waals surface area contributed by atoms with Crippen LogP contribution in [0.2, 0.25) is 0 Å². The van der Waals surface area contributed by atoms with Gasteiger partial charge < -0.3 is 0 Å². The minimum Gasteiger partial charge on any atom is -0.298 e. The second-order valence-corrected chi connectivity index (χ2v) is 3.73. The molecule has 0 aromatic rings. The van der Waals surface area contributed by atoms with E-state index in [0.717, 1.165) is 5.92 Å². The van der Waals surface area contributed by atoms with Crippen molar-refractivity contribution < 1.29 is 0 Å². The predicted octanol–water partition coefficient (Wildman–Crippen LogP) is 1.17. The Labute approximate surface area is 68.3 Å². The number of rotatable bonds is 0. The quantitative estimate of drug-likeness (QED) is 0.509. The Morgan fingerprint density at radius 2 is 2.27 bits per heavy atom. The number of aliphatic imine (C=N–C) groups is 1. The molecule has 0 aromatic carbocycles. The fraction of sp³-hybridized carbons (Fsp3) is 0.889. The highest BCUT2D eigenvalue weighted by Gasteiger charge is 2.39. The average Bonchev–Trinajstić information content (AvgIpc) is 2.54. The Balaban J connectivity index is 2.20. The van der Waals surface area contributed by atoms with Crippen LogP contribution in [-0.4, -0.2) is 37.3 Å². The van der Waals surface area contributed by atoms with Crippen molar-refractivity contribution in [3.8, 4) is 0 Å². The van der Waals surface area contributed by atoms with E-state index in [1.165, 1.54) is 31.5 Å². The van der Waals surface area contributed by atoms with E-state index >= 15 is 0 Å². The second kappa shape index (κ2) is 2.59. The van der Waals surface area contributed by atoms with Crippen LogP contribution in [0, 0.1) is 5.92 Å². The highest BCUT2D eigenvalue weighted by molar-refractivity contribution is 5.92. The van der Waals surface area contributed by atoms with Crippen molar-refractivity contribution in [3.05, 3.63) is 0 Å². The van der Waals surface area contributed by atoms with Crippen LogP contribution >= 0.6 is 0 Å². The molecule has 2 nitrogen and oxygen atoms in total. The molecule has 11 heavy (non-hydrogen) atoms. The van der Waals surface area contributed by atoms with Crippen molar-refractivity contribution in [2.45, 2.75) is 25.3 Å². The van der Waals surface area contributed by atoms with E-state index in [1.54, 1.807) is 0 Å². The molecule has 1 heterocycles. The Bertz CT molecular complexity index is 186. The van der Waals surface area contributed by atoms with Gasteiger partial charge in [-0.1, -0.05) is 0 Å². The third-order valence-electron chi connectivity index (χ3n) is 3.17. The van der Waals surface area contributed by atoms with Gasteiger partial charge in [-0.25, -0.2) is 0 Å². The van der Waals surface area contributed by atoms with Crippen LogP contribution in [0.15, 0.2) is 4.99 Å². The summed E-state index contributed by atoms with van der Waals surface area (Å²) < 4.78 is 0. The van der Waals surface area contributed by atoms with Crippen LogP contribution in [-0.2, 0) is 0 Å². The first kappa shape index (κ1) is 7.29.